The van der Waals surface area contributed by atoms with Crippen molar-refractivity contribution in [2.75, 3.05) is 6.54 Å². The molecular weight excluding hydrogens is 304 g/mol. The highest BCUT2D eigenvalue weighted by molar-refractivity contribution is 5.93. The molecule has 4 rings (SSSR count). The minimum atomic E-state index is -0.0288. The molecule has 0 spiro atoms. The quantitative estimate of drug-likeness (QED) is 0.726. The molecule has 6 heteroatoms. The molecule has 0 aromatic carbocycles. The molecule has 0 aliphatic carbocycles. The van der Waals surface area contributed by atoms with E-state index in [1.807, 2.05) is 54.6 Å². The summed E-state index contributed by atoms with van der Waals surface area (Å²) in [7, 11) is 0. The van der Waals surface area contributed by atoms with Gasteiger partial charge in [-0.1, -0.05) is 11.2 Å². The van der Waals surface area contributed by atoms with Gasteiger partial charge in [0.25, 0.3) is 5.91 Å². The average molecular weight is 324 g/mol. The highest BCUT2D eigenvalue weighted by Gasteiger charge is 2.35. The van der Waals surface area contributed by atoms with Crippen molar-refractivity contribution in [1.82, 2.24) is 19.4 Å². The van der Waals surface area contributed by atoms with Gasteiger partial charge in [-0.05, 0) is 45.2 Å². The van der Waals surface area contributed by atoms with E-state index in [2.05, 4.69) is 10.1 Å². The molecule has 0 saturated carbocycles. The number of amides is 1. The Kier molecular flexibility index (Phi) is 3.40. The van der Waals surface area contributed by atoms with Crippen LogP contribution < -0.4 is 0 Å². The first kappa shape index (κ1) is 14.9. The monoisotopic (exact) mass is 324 g/mol. The van der Waals surface area contributed by atoms with Crippen LogP contribution in [0, 0.1) is 20.8 Å². The Morgan fingerprint density at radius 1 is 1.25 bits per heavy atom. The first-order valence-corrected chi connectivity index (χ1v) is 8.23. The van der Waals surface area contributed by atoms with Crippen LogP contribution in [-0.2, 0) is 0 Å². The summed E-state index contributed by atoms with van der Waals surface area (Å²) in [6.07, 6.45) is 5.70. The van der Waals surface area contributed by atoms with Crippen LogP contribution >= 0.6 is 0 Å². The Morgan fingerprint density at radius 2 is 2.08 bits per heavy atom. The second kappa shape index (κ2) is 5.47. The molecule has 0 unspecified atom stereocenters. The number of hydrogen-bond donors (Lipinski definition) is 0. The van der Waals surface area contributed by atoms with Crippen LogP contribution in [0.4, 0.5) is 0 Å². The van der Waals surface area contributed by atoms with E-state index in [1.54, 1.807) is 0 Å². The topological polar surface area (TPSA) is 63.6 Å². The zero-order valence-corrected chi connectivity index (χ0v) is 14.1. The Hall–Kier alpha value is -2.63. The van der Waals surface area contributed by atoms with E-state index in [-0.39, 0.29) is 11.9 Å². The SMILES string of the molecule is Cc1ccc2nc(C(=O)N3CCC[C@H]3c3c(C)noc3C)cn2c1. The van der Waals surface area contributed by atoms with Crippen molar-refractivity contribution in [3.05, 3.63) is 52.8 Å². The molecule has 0 N–H and O–H groups in total. The van der Waals surface area contributed by atoms with Gasteiger partial charge in [-0.25, -0.2) is 4.98 Å². The lowest BCUT2D eigenvalue weighted by atomic mass is 10.0. The molecule has 6 nitrogen and oxygen atoms in total. The molecule has 1 amide bonds. The van der Waals surface area contributed by atoms with E-state index in [4.69, 9.17) is 4.52 Å². The lowest BCUT2D eigenvalue weighted by Gasteiger charge is -2.23. The molecule has 1 fully saturated rings. The summed E-state index contributed by atoms with van der Waals surface area (Å²) < 4.78 is 7.20. The molecule has 0 radical (unpaired) electrons. The smallest absolute Gasteiger partial charge is 0.274 e. The number of carbonyl (C=O) groups excluding carboxylic acids is 1. The lowest BCUT2D eigenvalue weighted by Crippen LogP contribution is -2.31. The minimum absolute atomic E-state index is 0.0234. The van der Waals surface area contributed by atoms with Crippen molar-refractivity contribution >= 4 is 11.6 Å². The number of likely N-dealkylation sites (tertiary alicyclic amines) is 1. The van der Waals surface area contributed by atoms with E-state index in [1.165, 1.54) is 0 Å². The number of nitrogens with zero attached hydrogens (tertiary/aromatic N) is 4. The molecule has 1 atom stereocenters. The second-order valence-electron chi connectivity index (χ2n) is 6.49. The standard InChI is InChI=1S/C18H20N4O2/c1-11-6-7-16-19-14(10-21(16)9-11)18(23)22-8-4-5-15(22)17-12(2)20-24-13(17)3/h6-7,9-10,15H,4-5,8H2,1-3H3/t15-/m0/s1. The fourth-order valence-corrected chi connectivity index (χ4v) is 3.63. The van der Waals surface area contributed by atoms with Gasteiger partial charge in [0.2, 0.25) is 0 Å². The summed E-state index contributed by atoms with van der Waals surface area (Å²) in [5, 5.41) is 4.04. The summed E-state index contributed by atoms with van der Waals surface area (Å²) in [6, 6.07) is 3.95. The molecule has 0 bridgehead atoms. The average Bonchev–Trinajstić information content (AvgIpc) is 3.25. The molecule has 124 valence electrons. The van der Waals surface area contributed by atoms with Crippen molar-refractivity contribution in [3.63, 3.8) is 0 Å². The molecule has 3 aromatic rings. The van der Waals surface area contributed by atoms with Crippen LogP contribution in [0.25, 0.3) is 5.65 Å². The van der Waals surface area contributed by atoms with Crippen LogP contribution in [-0.4, -0.2) is 31.9 Å². The van der Waals surface area contributed by atoms with E-state index >= 15 is 0 Å². The zero-order valence-electron chi connectivity index (χ0n) is 14.1. The first-order valence-electron chi connectivity index (χ1n) is 8.23. The minimum Gasteiger partial charge on any atom is -0.361 e. The third-order valence-electron chi connectivity index (χ3n) is 4.75. The van der Waals surface area contributed by atoms with Crippen molar-refractivity contribution < 1.29 is 9.32 Å². The van der Waals surface area contributed by atoms with Crippen LogP contribution in [0.2, 0.25) is 0 Å². The summed E-state index contributed by atoms with van der Waals surface area (Å²) in [6.45, 7) is 6.60. The molecule has 3 aromatic heterocycles. The van der Waals surface area contributed by atoms with Crippen LogP contribution in [0.1, 0.15) is 52.0 Å². The Bertz CT molecular complexity index is 905. The predicted molar refractivity (Wildman–Crippen MR) is 88.9 cm³/mol. The molecule has 1 aliphatic rings. The number of carbonyl (C=O) groups is 1. The van der Waals surface area contributed by atoms with Crippen molar-refractivity contribution in [1.29, 1.82) is 0 Å². The number of aromatic nitrogens is 3. The van der Waals surface area contributed by atoms with Crippen LogP contribution in [0.5, 0.6) is 0 Å². The summed E-state index contributed by atoms with van der Waals surface area (Å²) in [4.78, 5) is 19.4. The number of imidazole rings is 1. The van der Waals surface area contributed by atoms with Crippen molar-refractivity contribution in [3.8, 4) is 0 Å². The molecule has 1 aliphatic heterocycles. The van der Waals surface area contributed by atoms with E-state index in [0.717, 1.165) is 47.6 Å². The van der Waals surface area contributed by atoms with E-state index in [9.17, 15) is 4.79 Å². The number of aryl methyl sites for hydroxylation is 3. The number of fused-ring (bicyclic) bond motifs is 1. The third-order valence-corrected chi connectivity index (χ3v) is 4.75. The van der Waals surface area contributed by atoms with Gasteiger partial charge in [0, 0.05) is 24.5 Å². The molecular formula is C18H20N4O2. The van der Waals surface area contributed by atoms with Gasteiger partial charge in [-0.15, -0.1) is 0 Å². The lowest BCUT2D eigenvalue weighted by molar-refractivity contribution is 0.0729. The van der Waals surface area contributed by atoms with Gasteiger partial charge in [0.1, 0.15) is 17.1 Å². The van der Waals surface area contributed by atoms with Gasteiger partial charge in [0.05, 0.1) is 11.7 Å². The van der Waals surface area contributed by atoms with E-state index < -0.39 is 0 Å². The second-order valence-corrected chi connectivity index (χ2v) is 6.49. The fraction of sp³-hybridized carbons (Fsp3) is 0.389. The Balaban J connectivity index is 1.69. The van der Waals surface area contributed by atoms with Gasteiger partial charge in [-0.3, -0.25) is 4.79 Å². The maximum atomic E-state index is 13.0. The zero-order chi connectivity index (χ0) is 16.8. The normalized spacial score (nSPS) is 17.8. The van der Waals surface area contributed by atoms with Crippen molar-refractivity contribution in [2.24, 2.45) is 0 Å². The van der Waals surface area contributed by atoms with Crippen molar-refractivity contribution in [2.45, 2.75) is 39.7 Å². The fourth-order valence-electron chi connectivity index (χ4n) is 3.63. The first-order chi connectivity index (χ1) is 11.5. The van der Waals surface area contributed by atoms with Gasteiger partial charge in [0.15, 0.2) is 0 Å². The third kappa shape index (κ3) is 2.29. The molecule has 1 saturated heterocycles. The summed E-state index contributed by atoms with van der Waals surface area (Å²) in [5.74, 6) is 0.765. The molecule has 24 heavy (non-hydrogen) atoms. The van der Waals surface area contributed by atoms with Gasteiger partial charge < -0.3 is 13.8 Å². The van der Waals surface area contributed by atoms with Gasteiger partial charge >= 0.3 is 0 Å². The van der Waals surface area contributed by atoms with Gasteiger partial charge in [-0.2, -0.15) is 0 Å². The highest BCUT2D eigenvalue weighted by Crippen LogP contribution is 2.36. The summed E-state index contributed by atoms with van der Waals surface area (Å²) in [5.41, 5.74) is 4.31. The summed E-state index contributed by atoms with van der Waals surface area (Å²) >= 11 is 0. The Labute approximate surface area is 140 Å². The Morgan fingerprint density at radius 3 is 2.83 bits per heavy atom. The number of pyridine rings is 1. The van der Waals surface area contributed by atoms with E-state index in [0.29, 0.717) is 5.69 Å². The highest BCUT2D eigenvalue weighted by atomic mass is 16.5. The van der Waals surface area contributed by atoms with Crippen LogP contribution in [0.15, 0.2) is 29.0 Å². The van der Waals surface area contributed by atoms with Crippen LogP contribution in [0.3, 0.4) is 0 Å². The number of hydrogen-bond acceptors (Lipinski definition) is 4. The predicted octanol–water partition coefficient (Wildman–Crippen LogP) is 3.22. The largest absolute Gasteiger partial charge is 0.361 e. The maximum Gasteiger partial charge on any atom is 0.274 e. The maximum absolute atomic E-state index is 13.0. The number of rotatable bonds is 2. The molecule has 4 heterocycles.